The monoisotopic (exact) mass is 415 g/mol. The number of nitrogens with one attached hydrogen (secondary N) is 1. The molecular formula is C19H15Cl2N5O2. The Labute approximate surface area is 171 Å². The summed E-state index contributed by atoms with van der Waals surface area (Å²) in [5.41, 5.74) is 1.37. The Morgan fingerprint density at radius 2 is 1.89 bits per heavy atom. The maximum atomic E-state index is 12.6. The number of aromatic nitrogens is 2. The molecule has 0 aliphatic rings. The van der Waals surface area contributed by atoms with E-state index in [9.17, 15) is 9.70 Å². The molecule has 0 radical (unpaired) electrons. The number of halogens is 2. The third-order valence-corrected chi connectivity index (χ3v) is 4.32. The molecule has 9 heteroatoms. The normalized spacial score (nSPS) is 11.5. The number of anilines is 1. The largest absolute Gasteiger partial charge is 0.342 e. The van der Waals surface area contributed by atoms with Crippen LogP contribution in [0.3, 0.4) is 0 Å². The zero-order chi connectivity index (χ0) is 19.9. The second kappa shape index (κ2) is 9.25. The maximum Gasteiger partial charge on any atom is 0.272 e. The number of benzene rings is 2. The summed E-state index contributed by atoms with van der Waals surface area (Å²) in [6, 6.07) is 15.3. The molecule has 2 aromatic carbocycles. The van der Waals surface area contributed by atoms with Gasteiger partial charge in [0.1, 0.15) is 10.8 Å². The molecule has 1 atom stereocenters. The number of carbonyl (C=O) groups is 1. The molecule has 28 heavy (non-hydrogen) atoms. The number of carbonyl (C=O) groups excluding carboxylic acids is 1. The standard InChI is InChI=1S/C19H15Cl2N5O2/c20-14-6-4-5-13(9-14)17(12-26(25-28)15-7-2-1-3-8-15)24-19(27)16-10-22-11-18(21)23-16/h1-11,17H,12H2,(H,24,27). The molecule has 0 spiro atoms. The quantitative estimate of drug-likeness (QED) is 0.455. The fraction of sp³-hybridized carbons (Fsp3) is 0.105. The summed E-state index contributed by atoms with van der Waals surface area (Å²) in [6.07, 6.45) is 2.64. The molecule has 0 saturated carbocycles. The van der Waals surface area contributed by atoms with Gasteiger partial charge >= 0.3 is 0 Å². The molecule has 3 rings (SSSR count). The molecule has 1 unspecified atom stereocenters. The Morgan fingerprint density at radius 1 is 1.11 bits per heavy atom. The van der Waals surface area contributed by atoms with Crippen molar-refractivity contribution in [1.82, 2.24) is 15.3 Å². The van der Waals surface area contributed by atoms with Crippen LogP contribution in [0.25, 0.3) is 0 Å². The minimum absolute atomic E-state index is 0.0600. The van der Waals surface area contributed by atoms with E-state index in [0.29, 0.717) is 16.3 Å². The van der Waals surface area contributed by atoms with Crippen LogP contribution in [0.1, 0.15) is 22.1 Å². The number of nitrogens with zero attached hydrogens (tertiary/aromatic N) is 4. The third kappa shape index (κ3) is 5.03. The van der Waals surface area contributed by atoms with Crippen LogP contribution < -0.4 is 10.3 Å². The van der Waals surface area contributed by atoms with Crippen molar-refractivity contribution in [3.05, 3.63) is 93.3 Å². The highest BCUT2D eigenvalue weighted by atomic mass is 35.5. The van der Waals surface area contributed by atoms with Crippen LogP contribution in [0.2, 0.25) is 10.2 Å². The van der Waals surface area contributed by atoms with Crippen LogP contribution in [0.4, 0.5) is 5.69 Å². The van der Waals surface area contributed by atoms with Crippen LogP contribution in [0, 0.1) is 4.91 Å². The first kappa shape index (κ1) is 19.7. The van der Waals surface area contributed by atoms with Gasteiger partial charge in [-0.1, -0.05) is 53.5 Å². The summed E-state index contributed by atoms with van der Waals surface area (Å²) in [7, 11) is 0. The minimum atomic E-state index is -0.593. The van der Waals surface area contributed by atoms with E-state index < -0.39 is 11.9 Å². The molecule has 1 amide bonds. The molecule has 0 aliphatic carbocycles. The highest BCUT2D eigenvalue weighted by Crippen LogP contribution is 2.23. The highest BCUT2D eigenvalue weighted by molar-refractivity contribution is 6.30. The Kier molecular flexibility index (Phi) is 6.52. The number of amides is 1. The van der Waals surface area contributed by atoms with Gasteiger partial charge in [0.05, 0.1) is 36.0 Å². The van der Waals surface area contributed by atoms with Crippen molar-refractivity contribution in [3.63, 3.8) is 0 Å². The molecule has 1 heterocycles. The van der Waals surface area contributed by atoms with Gasteiger partial charge in [0.25, 0.3) is 5.91 Å². The molecule has 0 saturated heterocycles. The van der Waals surface area contributed by atoms with Crippen LogP contribution in [-0.4, -0.2) is 22.4 Å². The van der Waals surface area contributed by atoms with E-state index in [2.05, 4.69) is 20.6 Å². The van der Waals surface area contributed by atoms with Crippen LogP contribution in [-0.2, 0) is 0 Å². The van der Waals surface area contributed by atoms with Gasteiger partial charge in [0, 0.05) is 5.02 Å². The smallest absolute Gasteiger partial charge is 0.272 e. The van der Waals surface area contributed by atoms with E-state index in [-0.39, 0.29) is 17.4 Å². The number of rotatable bonds is 7. The van der Waals surface area contributed by atoms with Gasteiger partial charge in [-0.25, -0.2) is 9.99 Å². The fourth-order valence-corrected chi connectivity index (χ4v) is 2.95. The molecule has 1 N–H and O–H groups in total. The lowest BCUT2D eigenvalue weighted by Gasteiger charge is -2.24. The summed E-state index contributed by atoms with van der Waals surface area (Å²) >= 11 is 11.9. The lowest BCUT2D eigenvalue weighted by atomic mass is 10.1. The highest BCUT2D eigenvalue weighted by Gasteiger charge is 2.21. The Balaban J connectivity index is 1.89. The summed E-state index contributed by atoms with van der Waals surface area (Å²) in [5.74, 6) is -0.487. The van der Waals surface area contributed by atoms with Gasteiger partial charge in [-0.3, -0.25) is 9.78 Å². The van der Waals surface area contributed by atoms with Gasteiger partial charge in [-0.15, -0.1) is 4.91 Å². The molecule has 3 aromatic rings. The number of hydrogen-bond acceptors (Lipinski definition) is 5. The molecule has 142 valence electrons. The first-order chi connectivity index (χ1) is 13.6. The molecule has 1 aromatic heterocycles. The molecular weight excluding hydrogens is 401 g/mol. The van der Waals surface area contributed by atoms with Crippen LogP contribution in [0.15, 0.2) is 72.3 Å². The topological polar surface area (TPSA) is 87.5 Å². The lowest BCUT2D eigenvalue weighted by Crippen LogP contribution is -2.36. The predicted molar refractivity (Wildman–Crippen MR) is 108 cm³/mol. The van der Waals surface area contributed by atoms with Crippen molar-refractivity contribution in [1.29, 1.82) is 0 Å². The maximum absolute atomic E-state index is 12.6. The molecule has 7 nitrogen and oxygen atoms in total. The molecule has 0 fully saturated rings. The first-order valence-corrected chi connectivity index (χ1v) is 9.02. The SMILES string of the molecule is O=NN(CC(NC(=O)c1cncc(Cl)n1)c1cccc(Cl)c1)c1ccccc1. The van der Waals surface area contributed by atoms with Crippen molar-refractivity contribution < 1.29 is 4.79 Å². The van der Waals surface area contributed by atoms with E-state index in [0.717, 1.165) is 0 Å². The average Bonchev–Trinajstić information content (AvgIpc) is 2.71. The van der Waals surface area contributed by atoms with Gasteiger partial charge in [0.2, 0.25) is 0 Å². The van der Waals surface area contributed by atoms with Crippen molar-refractivity contribution >= 4 is 34.8 Å². The predicted octanol–water partition coefficient (Wildman–Crippen LogP) is 4.44. The van der Waals surface area contributed by atoms with Crippen molar-refractivity contribution in [3.8, 4) is 0 Å². The Bertz CT molecular complexity index is 971. The average molecular weight is 416 g/mol. The van der Waals surface area contributed by atoms with Crippen LogP contribution >= 0.6 is 23.2 Å². The summed E-state index contributed by atoms with van der Waals surface area (Å²) in [4.78, 5) is 31.9. The summed E-state index contributed by atoms with van der Waals surface area (Å²) < 4.78 is 0. The summed E-state index contributed by atoms with van der Waals surface area (Å²) in [6.45, 7) is 0.0909. The van der Waals surface area contributed by atoms with Gasteiger partial charge in [0.15, 0.2) is 0 Å². The van der Waals surface area contributed by atoms with E-state index in [1.165, 1.54) is 17.4 Å². The van der Waals surface area contributed by atoms with E-state index >= 15 is 0 Å². The third-order valence-electron chi connectivity index (χ3n) is 3.90. The van der Waals surface area contributed by atoms with E-state index in [1.54, 1.807) is 48.5 Å². The van der Waals surface area contributed by atoms with Gasteiger partial charge in [-0.2, -0.15) is 0 Å². The molecule has 0 bridgehead atoms. The van der Waals surface area contributed by atoms with Crippen molar-refractivity contribution in [2.24, 2.45) is 5.29 Å². The lowest BCUT2D eigenvalue weighted by molar-refractivity contribution is 0.0932. The number of para-hydroxylation sites is 1. The molecule has 0 aliphatic heterocycles. The van der Waals surface area contributed by atoms with E-state index in [1.807, 2.05) is 6.07 Å². The van der Waals surface area contributed by atoms with Crippen LogP contribution in [0.5, 0.6) is 0 Å². The van der Waals surface area contributed by atoms with Crippen molar-refractivity contribution in [2.75, 3.05) is 11.6 Å². The zero-order valence-electron chi connectivity index (χ0n) is 14.5. The van der Waals surface area contributed by atoms with Gasteiger partial charge in [-0.05, 0) is 29.8 Å². The number of nitroso groups, excluding NO2 is 1. The summed E-state index contributed by atoms with van der Waals surface area (Å²) in [5, 5.41) is 7.80. The first-order valence-electron chi connectivity index (χ1n) is 8.26. The zero-order valence-corrected chi connectivity index (χ0v) is 16.0. The Hall–Kier alpha value is -3.03. The second-order valence-corrected chi connectivity index (χ2v) is 6.63. The van der Waals surface area contributed by atoms with Gasteiger partial charge < -0.3 is 5.32 Å². The number of hydrogen-bond donors (Lipinski definition) is 1. The Morgan fingerprint density at radius 3 is 2.57 bits per heavy atom. The fourth-order valence-electron chi connectivity index (χ4n) is 2.60. The minimum Gasteiger partial charge on any atom is -0.342 e. The van der Waals surface area contributed by atoms with Crippen molar-refractivity contribution in [2.45, 2.75) is 6.04 Å². The second-order valence-electron chi connectivity index (χ2n) is 5.81. The van der Waals surface area contributed by atoms with E-state index in [4.69, 9.17) is 23.2 Å².